The molecule has 1 aromatic heterocycles. The number of carboxylic acid groups (broad SMARTS) is 1. The number of carbonyl (C=O) groups is 2. The lowest BCUT2D eigenvalue weighted by Crippen LogP contribution is -2.48. The highest BCUT2D eigenvalue weighted by atomic mass is 16.5. The summed E-state index contributed by atoms with van der Waals surface area (Å²) < 4.78 is 12.0. The molecule has 0 fully saturated rings. The number of aryl methyl sites for hydroxylation is 1. The Morgan fingerprint density at radius 2 is 1.88 bits per heavy atom. The highest BCUT2D eigenvalue weighted by Gasteiger charge is 2.39. The number of amides is 1. The van der Waals surface area contributed by atoms with E-state index in [9.17, 15) is 14.7 Å². The van der Waals surface area contributed by atoms with Crippen LogP contribution < -0.4 is 4.74 Å². The first-order chi connectivity index (χ1) is 19.0. The molecule has 1 unspecified atom stereocenters. The first kappa shape index (κ1) is 28.9. The number of nitrogens with zero attached hydrogens (tertiary/aromatic N) is 2. The number of ether oxygens (including phenoxy) is 1. The predicted octanol–water partition coefficient (Wildman–Crippen LogP) is 6.60. The Labute approximate surface area is 236 Å². The highest BCUT2D eigenvalue weighted by Crippen LogP contribution is 2.36. The third-order valence-corrected chi connectivity index (χ3v) is 7.21. The summed E-state index contributed by atoms with van der Waals surface area (Å²) in [6.45, 7) is 12.5. The number of hydrogen-bond acceptors (Lipinski definition) is 5. The average Bonchev–Trinajstić information content (AvgIpc) is 3.27. The molecule has 0 saturated carbocycles. The zero-order chi connectivity index (χ0) is 29.0. The van der Waals surface area contributed by atoms with E-state index >= 15 is 0 Å². The lowest BCUT2D eigenvalue weighted by molar-refractivity contribution is -0.151. The Morgan fingerprint density at radius 1 is 1.15 bits per heavy atom. The number of hydrogen-bond donors (Lipinski definition) is 1. The molecule has 40 heavy (non-hydrogen) atoms. The fourth-order valence-corrected chi connectivity index (χ4v) is 5.02. The van der Waals surface area contributed by atoms with Crippen LogP contribution in [0.2, 0.25) is 0 Å². The van der Waals surface area contributed by atoms with Gasteiger partial charge in [0, 0.05) is 24.1 Å². The molecule has 0 aliphatic carbocycles. The first-order valence-electron chi connectivity index (χ1n) is 13.7. The van der Waals surface area contributed by atoms with Gasteiger partial charge in [-0.05, 0) is 73.6 Å². The smallest absolute Gasteiger partial charge is 0.331 e. The molecule has 1 aliphatic rings. The molecule has 7 heteroatoms. The number of benzene rings is 2. The normalized spacial score (nSPS) is 17.4. The number of allylic oxidation sites excluding steroid dienone is 3. The summed E-state index contributed by atoms with van der Waals surface area (Å²) in [5.74, 6) is 0.465. The number of carboxylic acids is 1. The summed E-state index contributed by atoms with van der Waals surface area (Å²) in [6, 6.07) is 12.4. The number of aromatic nitrogens is 1. The number of aliphatic carboxylic acids is 1. The van der Waals surface area contributed by atoms with Gasteiger partial charge in [-0.25, -0.2) is 9.78 Å². The maximum Gasteiger partial charge on any atom is 0.331 e. The second kappa shape index (κ2) is 11.9. The van der Waals surface area contributed by atoms with Crippen LogP contribution in [0.15, 0.2) is 71.2 Å². The van der Waals surface area contributed by atoms with Crippen LogP contribution in [0.4, 0.5) is 0 Å². The molecule has 0 saturated heterocycles. The van der Waals surface area contributed by atoms with Gasteiger partial charge in [0.25, 0.3) is 0 Å². The summed E-state index contributed by atoms with van der Waals surface area (Å²) in [4.78, 5) is 31.4. The standard InChI is InChI=1S/C33H38N2O5/c1-7-8-9-10-29(36)35-21(2)19-24-13-16-26(20-27(24)30(35)32(37)38)39-18-17-28-22(3)40-31(34-28)23-11-14-25(15-12-23)33(4,5)6/h7-16,20-21,30H,17-19H2,1-6H3,(H,37,38)/t21-,30?/m0/s1. The van der Waals surface area contributed by atoms with Gasteiger partial charge >= 0.3 is 5.97 Å². The third-order valence-electron chi connectivity index (χ3n) is 7.21. The third kappa shape index (κ3) is 6.36. The Bertz CT molecular complexity index is 1430. The van der Waals surface area contributed by atoms with Crippen molar-refractivity contribution in [3.05, 3.63) is 94.9 Å². The molecule has 1 amide bonds. The molecular formula is C33H38N2O5. The molecule has 2 atom stereocenters. The minimum absolute atomic E-state index is 0.0735. The molecule has 7 nitrogen and oxygen atoms in total. The van der Waals surface area contributed by atoms with Crippen LogP contribution in [0.1, 0.15) is 68.8 Å². The van der Waals surface area contributed by atoms with Crippen molar-refractivity contribution in [3.63, 3.8) is 0 Å². The summed E-state index contributed by atoms with van der Waals surface area (Å²) in [5.41, 5.74) is 4.54. The topological polar surface area (TPSA) is 92.9 Å². The summed E-state index contributed by atoms with van der Waals surface area (Å²) >= 11 is 0. The van der Waals surface area contributed by atoms with Gasteiger partial charge in [-0.15, -0.1) is 0 Å². The van der Waals surface area contributed by atoms with E-state index in [1.807, 2.05) is 51.1 Å². The highest BCUT2D eigenvalue weighted by molar-refractivity contribution is 5.92. The van der Waals surface area contributed by atoms with Crippen LogP contribution in [0, 0.1) is 6.92 Å². The van der Waals surface area contributed by atoms with E-state index in [-0.39, 0.29) is 17.4 Å². The molecule has 210 valence electrons. The second-order valence-electron chi connectivity index (χ2n) is 11.2. The molecule has 2 aromatic carbocycles. The predicted molar refractivity (Wildman–Crippen MR) is 155 cm³/mol. The SMILES string of the molecule is CC=CC=CC(=O)N1C(C(=O)O)c2cc(OCCc3nc(-c4ccc(C(C)(C)C)cc4)oc3C)ccc2C[C@@H]1C. The summed E-state index contributed by atoms with van der Waals surface area (Å²) in [5, 5.41) is 10.1. The van der Waals surface area contributed by atoms with Crippen molar-refractivity contribution in [1.29, 1.82) is 0 Å². The van der Waals surface area contributed by atoms with E-state index in [1.54, 1.807) is 18.2 Å². The molecule has 1 aliphatic heterocycles. The van der Waals surface area contributed by atoms with Crippen molar-refractivity contribution in [2.75, 3.05) is 6.61 Å². The molecular weight excluding hydrogens is 504 g/mol. The first-order valence-corrected chi connectivity index (χ1v) is 13.7. The molecule has 0 radical (unpaired) electrons. The quantitative estimate of drug-likeness (QED) is 0.255. The second-order valence-corrected chi connectivity index (χ2v) is 11.2. The summed E-state index contributed by atoms with van der Waals surface area (Å²) in [6.07, 6.45) is 7.69. The van der Waals surface area contributed by atoms with Crippen LogP contribution in [0.25, 0.3) is 11.5 Å². The average molecular weight is 543 g/mol. The maximum atomic E-state index is 12.9. The van der Waals surface area contributed by atoms with Crippen LogP contribution in [0.5, 0.6) is 5.75 Å². The van der Waals surface area contributed by atoms with Gasteiger partial charge in [-0.1, -0.05) is 57.2 Å². The van der Waals surface area contributed by atoms with E-state index in [1.165, 1.54) is 16.5 Å². The van der Waals surface area contributed by atoms with Gasteiger partial charge in [0.2, 0.25) is 11.8 Å². The Kier molecular flexibility index (Phi) is 8.62. The zero-order valence-electron chi connectivity index (χ0n) is 24.1. The van der Waals surface area contributed by atoms with Crippen molar-refractivity contribution >= 4 is 11.9 Å². The van der Waals surface area contributed by atoms with Crippen LogP contribution >= 0.6 is 0 Å². The van der Waals surface area contributed by atoms with Crippen molar-refractivity contribution in [3.8, 4) is 17.2 Å². The lowest BCUT2D eigenvalue weighted by Gasteiger charge is -2.39. The molecule has 0 bridgehead atoms. The molecule has 3 aromatic rings. The van der Waals surface area contributed by atoms with Crippen LogP contribution in [-0.2, 0) is 27.8 Å². The fourth-order valence-electron chi connectivity index (χ4n) is 5.02. The number of fused-ring (bicyclic) bond motifs is 1. The summed E-state index contributed by atoms with van der Waals surface area (Å²) in [7, 11) is 0. The van der Waals surface area contributed by atoms with E-state index in [0.717, 1.165) is 22.6 Å². The Hall–Kier alpha value is -4.13. The monoisotopic (exact) mass is 542 g/mol. The van der Waals surface area contributed by atoms with Crippen LogP contribution in [-0.4, -0.2) is 39.5 Å². The minimum Gasteiger partial charge on any atom is -0.493 e. The van der Waals surface area contributed by atoms with Crippen molar-refractivity contribution in [2.24, 2.45) is 0 Å². The fraction of sp³-hybridized carbons (Fsp3) is 0.364. The van der Waals surface area contributed by atoms with E-state index < -0.39 is 12.0 Å². The minimum atomic E-state index is -1.09. The van der Waals surface area contributed by atoms with E-state index in [2.05, 4.69) is 32.9 Å². The lowest BCUT2D eigenvalue weighted by atomic mass is 9.87. The Morgan fingerprint density at radius 3 is 2.52 bits per heavy atom. The van der Waals surface area contributed by atoms with Crippen molar-refractivity contribution in [2.45, 2.75) is 71.9 Å². The van der Waals surface area contributed by atoms with Gasteiger partial charge in [0.1, 0.15) is 11.5 Å². The largest absolute Gasteiger partial charge is 0.493 e. The van der Waals surface area contributed by atoms with Crippen molar-refractivity contribution < 1.29 is 23.8 Å². The van der Waals surface area contributed by atoms with Crippen molar-refractivity contribution in [1.82, 2.24) is 9.88 Å². The molecule has 0 spiro atoms. The van der Waals surface area contributed by atoms with Crippen LogP contribution in [0.3, 0.4) is 0 Å². The Balaban J connectivity index is 1.47. The van der Waals surface area contributed by atoms with E-state index in [0.29, 0.717) is 36.7 Å². The van der Waals surface area contributed by atoms with E-state index in [4.69, 9.17) is 14.1 Å². The maximum absolute atomic E-state index is 12.9. The van der Waals surface area contributed by atoms with Gasteiger partial charge < -0.3 is 19.2 Å². The number of oxazole rings is 1. The number of carbonyl (C=O) groups excluding carboxylic acids is 1. The van der Waals surface area contributed by atoms with Gasteiger partial charge in [0.05, 0.1) is 12.3 Å². The van der Waals surface area contributed by atoms with Gasteiger partial charge in [-0.3, -0.25) is 4.79 Å². The number of rotatable bonds is 8. The molecule has 4 rings (SSSR count). The van der Waals surface area contributed by atoms with Gasteiger partial charge in [-0.2, -0.15) is 0 Å². The molecule has 2 heterocycles. The molecule has 1 N–H and O–H groups in total. The van der Waals surface area contributed by atoms with Gasteiger partial charge in [0.15, 0.2) is 6.04 Å². The zero-order valence-corrected chi connectivity index (χ0v) is 24.1.